The van der Waals surface area contributed by atoms with Crippen LogP contribution in [0, 0.1) is 11.8 Å². The summed E-state index contributed by atoms with van der Waals surface area (Å²) in [5, 5.41) is 2.94. The number of hydrogen-bond donors (Lipinski definition) is 1. The van der Waals surface area contributed by atoms with Gasteiger partial charge >= 0.3 is 12.1 Å². The van der Waals surface area contributed by atoms with Gasteiger partial charge < -0.3 is 14.8 Å². The smallest absolute Gasteiger partial charge is 0.408 e. The molecule has 0 aromatic heterocycles. The first-order chi connectivity index (χ1) is 13.8. The van der Waals surface area contributed by atoms with E-state index < -0.39 is 11.7 Å². The average molecular weight is 402 g/mol. The van der Waals surface area contributed by atoms with Crippen molar-refractivity contribution in [1.82, 2.24) is 5.32 Å². The summed E-state index contributed by atoms with van der Waals surface area (Å²) in [7, 11) is 1.44. The van der Waals surface area contributed by atoms with Crippen molar-refractivity contribution >= 4 is 12.1 Å². The Balaban J connectivity index is 2.16. The first-order valence-electron chi connectivity index (χ1n) is 10.6. The molecule has 1 fully saturated rings. The van der Waals surface area contributed by atoms with Gasteiger partial charge in [0.2, 0.25) is 0 Å². The van der Waals surface area contributed by atoms with Crippen LogP contribution in [0.3, 0.4) is 0 Å². The molecule has 5 heteroatoms. The van der Waals surface area contributed by atoms with E-state index >= 15 is 0 Å². The number of rotatable bonds is 7. The molecule has 1 aliphatic carbocycles. The number of nitrogens with one attached hydrogen (secondary N) is 1. The molecule has 1 aliphatic rings. The van der Waals surface area contributed by atoms with Crippen molar-refractivity contribution in [2.45, 2.75) is 70.9 Å². The Morgan fingerprint density at radius 3 is 2.34 bits per heavy atom. The van der Waals surface area contributed by atoms with Crippen LogP contribution < -0.4 is 5.32 Å². The normalized spacial score (nSPS) is 17.5. The molecular formula is C24H35NO4. The Hall–Kier alpha value is -2.30. The maximum atomic E-state index is 12.4. The molecule has 1 saturated carbocycles. The second-order valence-corrected chi connectivity index (χ2v) is 8.77. The third kappa shape index (κ3) is 8.30. The van der Waals surface area contributed by atoms with Crippen LogP contribution in [0.2, 0.25) is 0 Å². The van der Waals surface area contributed by atoms with E-state index in [1.807, 2.05) is 63.3 Å². The summed E-state index contributed by atoms with van der Waals surface area (Å²) in [6.07, 6.45) is 9.60. The van der Waals surface area contributed by atoms with Gasteiger partial charge in [0.05, 0.1) is 19.1 Å². The number of amides is 1. The van der Waals surface area contributed by atoms with Crippen LogP contribution in [0.1, 0.15) is 58.4 Å². The zero-order chi connectivity index (χ0) is 21.3. The van der Waals surface area contributed by atoms with Gasteiger partial charge in [-0.25, -0.2) is 4.79 Å². The van der Waals surface area contributed by atoms with Crippen molar-refractivity contribution in [1.29, 1.82) is 0 Å². The van der Waals surface area contributed by atoms with Gasteiger partial charge in [-0.05, 0) is 51.5 Å². The average Bonchev–Trinajstić information content (AvgIpc) is 2.68. The highest BCUT2D eigenvalue weighted by atomic mass is 16.6. The third-order valence-electron chi connectivity index (χ3n) is 5.18. The monoisotopic (exact) mass is 401 g/mol. The van der Waals surface area contributed by atoms with Crippen LogP contribution in [-0.2, 0) is 20.7 Å². The summed E-state index contributed by atoms with van der Waals surface area (Å²) in [5.41, 5.74) is 0.535. The molecule has 5 nitrogen and oxygen atoms in total. The molecule has 0 radical (unpaired) electrons. The van der Waals surface area contributed by atoms with E-state index in [1.54, 1.807) is 0 Å². The molecule has 1 aromatic rings. The third-order valence-corrected chi connectivity index (χ3v) is 5.18. The molecule has 29 heavy (non-hydrogen) atoms. The highest BCUT2D eigenvalue weighted by Gasteiger charge is 2.28. The zero-order valence-electron chi connectivity index (χ0n) is 18.1. The van der Waals surface area contributed by atoms with Gasteiger partial charge in [0.25, 0.3) is 0 Å². The van der Waals surface area contributed by atoms with E-state index in [0.717, 1.165) is 31.2 Å². The van der Waals surface area contributed by atoms with Gasteiger partial charge in [0.1, 0.15) is 5.60 Å². The SMILES string of the molecule is COC(=O)[C@@H](/C=C/[C@H](Cc1ccccc1)NC(=O)OC(C)(C)C)C1CCCCC1. The topological polar surface area (TPSA) is 64.6 Å². The summed E-state index contributed by atoms with van der Waals surface area (Å²) in [6, 6.07) is 9.69. The number of methoxy groups -OCH3 is 1. The lowest BCUT2D eigenvalue weighted by molar-refractivity contribution is -0.145. The van der Waals surface area contributed by atoms with Crippen molar-refractivity contribution in [2.24, 2.45) is 11.8 Å². The Morgan fingerprint density at radius 2 is 1.76 bits per heavy atom. The molecule has 2 atom stereocenters. The highest BCUT2D eigenvalue weighted by molar-refractivity contribution is 5.75. The molecule has 0 bridgehead atoms. The minimum atomic E-state index is -0.568. The van der Waals surface area contributed by atoms with Gasteiger partial charge in [-0.15, -0.1) is 0 Å². The van der Waals surface area contributed by atoms with E-state index in [0.29, 0.717) is 12.3 Å². The maximum absolute atomic E-state index is 12.4. The Labute approximate surface area is 174 Å². The predicted molar refractivity (Wildman–Crippen MR) is 115 cm³/mol. The number of esters is 1. The Bertz CT molecular complexity index is 672. The Kier molecular flexibility index (Phi) is 8.74. The molecule has 1 N–H and O–H groups in total. The first kappa shape index (κ1) is 23.0. The van der Waals surface area contributed by atoms with Crippen LogP contribution in [-0.4, -0.2) is 30.8 Å². The lowest BCUT2D eigenvalue weighted by atomic mass is 9.79. The molecule has 1 aromatic carbocycles. The van der Waals surface area contributed by atoms with Gasteiger partial charge in [-0.2, -0.15) is 0 Å². The van der Waals surface area contributed by atoms with Crippen LogP contribution in [0.25, 0.3) is 0 Å². The van der Waals surface area contributed by atoms with Crippen LogP contribution in [0.15, 0.2) is 42.5 Å². The van der Waals surface area contributed by atoms with Crippen LogP contribution >= 0.6 is 0 Å². The zero-order valence-corrected chi connectivity index (χ0v) is 18.1. The number of carbonyl (C=O) groups excluding carboxylic acids is 2. The van der Waals surface area contributed by atoms with E-state index in [4.69, 9.17) is 9.47 Å². The summed E-state index contributed by atoms with van der Waals surface area (Å²) in [4.78, 5) is 24.7. The van der Waals surface area contributed by atoms with Gasteiger partial charge in [0.15, 0.2) is 0 Å². The van der Waals surface area contributed by atoms with Crippen molar-refractivity contribution in [3.8, 4) is 0 Å². The fourth-order valence-electron chi connectivity index (χ4n) is 3.81. The first-order valence-corrected chi connectivity index (χ1v) is 10.6. The van der Waals surface area contributed by atoms with Gasteiger partial charge in [0, 0.05) is 0 Å². The van der Waals surface area contributed by atoms with Gasteiger partial charge in [-0.1, -0.05) is 61.7 Å². The summed E-state index contributed by atoms with van der Waals surface area (Å²) in [6.45, 7) is 5.51. The molecule has 0 spiro atoms. The molecule has 0 saturated heterocycles. The van der Waals surface area contributed by atoms with Crippen molar-refractivity contribution in [3.05, 3.63) is 48.0 Å². The lowest BCUT2D eigenvalue weighted by Gasteiger charge is -2.27. The summed E-state index contributed by atoms with van der Waals surface area (Å²) < 4.78 is 10.5. The standard InChI is InChI=1S/C24H35NO4/c1-24(2,3)29-23(27)25-20(17-18-11-7-5-8-12-18)15-16-21(22(26)28-4)19-13-9-6-10-14-19/h5,7-8,11-12,15-16,19-21H,6,9-10,13-14,17H2,1-4H3,(H,25,27)/b16-15+/t20-,21+/m1/s1. The molecule has 2 rings (SSSR count). The molecule has 0 aliphatic heterocycles. The Morgan fingerprint density at radius 1 is 1.10 bits per heavy atom. The van der Waals surface area contributed by atoms with Crippen LogP contribution in [0.5, 0.6) is 0 Å². The summed E-state index contributed by atoms with van der Waals surface area (Å²) in [5.74, 6) is -0.186. The minimum absolute atomic E-state index is 0.205. The lowest BCUT2D eigenvalue weighted by Crippen LogP contribution is -2.39. The van der Waals surface area contributed by atoms with Crippen LogP contribution in [0.4, 0.5) is 4.79 Å². The van der Waals surface area contributed by atoms with Crippen molar-refractivity contribution < 1.29 is 19.1 Å². The molecule has 0 heterocycles. The molecular weight excluding hydrogens is 366 g/mol. The van der Waals surface area contributed by atoms with E-state index in [9.17, 15) is 9.59 Å². The van der Waals surface area contributed by atoms with Gasteiger partial charge in [-0.3, -0.25) is 4.79 Å². The number of hydrogen-bond acceptors (Lipinski definition) is 4. The fourth-order valence-corrected chi connectivity index (χ4v) is 3.81. The van der Waals surface area contributed by atoms with Crippen molar-refractivity contribution in [2.75, 3.05) is 7.11 Å². The second kappa shape index (κ2) is 11.0. The number of benzene rings is 1. The largest absolute Gasteiger partial charge is 0.469 e. The van der Waals surface area contributed by atoms with E-state index in [-0.39, 0.29) is 17.9 Å². The molecule has 1 amide bonds. The van der Waals surface area contributed by atoms with E-state index in [1.165, 1.54) is 13.5 Å². The number of ether oxygens (including phenoxy) is 2. The molecule has 160 valence electrons. The number of alkyl carbamates (subject to hydrolysis) is 1. The quantitative estimate of drug-likeness (QED) is 0.513. The maximum Gasteiger partial charge on any atom is 0.408 e. The number of carbonyl (C=O) groups is 2. The van der Waals surface area contributed by atoms with Crippen molar-refractivity contribution in [3.63, 3.8) is 0 Å². The predicted octanol–water partition coefficient (Wildman–Crippen LogP) is 5.05. The second-order valence-electron chi connectivity index (χ2n) is 8.77. The fraction of sp³-hybridized carbons (Fsp3) is 0.583. The van der Waals surface area contributed by atoms with E-state index in [2.05, 4.69) is 5.32 Å². The summed E-state index contributed by atoms with van der Waals surface area (Å²) >= 11 is 0. The minimum Gasteiger partial charge on any atom is -0.469 e. The highest BCUT2D eigenvalue weighted by Crippen LogP contribution is 2.31. The molecule has 0 unspecified atom stereocenters.